The van der Waals surface area contributed by atoms with Crippen LogP contribution in [0.5, 0.6) is 5.88 Å². The van der Waals surface area contributed by atoms with Crippen LogP contribution in [0, 0.1) is 5.82 Å². The van der Waals surface area contributed by atoms with Crippen LogP contribution in [0.25, 0.3) is 0 Å². The minimum atomic E-state index is -4.64. The van der Waals surface area contributed by atoms with Gasteiger partial charge in [0, 0.05) is 44.6 Å². The normalized spacial score (nSPS) is 23.8. The van der Waals surface area contributed by atoms with Crippen molar-refractivity contribution in [2.45, 2.75) is 49.9 Å². The number of carbonyl (C=O) groups excluding carboxylic acids is 1. The van der Waals surface area contributed by atoms with Gasteiger partial charge in [0.2, 0.25) is 5.88 Å². The molecule has 0 radical (unpaired) electrons. The highest BCUT2D eigenvalue weighted by atomic mass is 19.4. The number of alkyl halides is 3. The topological polar surface area (TPSA) is 58.6 Å². The van der Waals surface area contributed by atoms with Crippen molar-refractivity contribution in [3.05, 3.63) is 53.2 Å². The summed E-state index contributed by atoms with van der Waals surface area (Å²) in [6.07, 6.45) is 2.20. The lowest BCUT2D eigenvalue weighted by Gasteiger charge is -2.25. The number of hydrogen-bond donors (Lipinski definition) is 0. The van der Waals surface area contributed by atoms with Crippen molar-refractivity contribution in [3.63, 3.8) is 0 Å². The number of nitrogens with zero attached hydrogens (tertiary/aromatic N) is 4. The van der Waals surface area contributed by atoms with Crippen LogP contribution in [-0.4, -0.2) is 64.0 Å². The van der Waals surface area contributed by atoms with E-state index < -0.39 is 29.0 Å². The summed E-state index contributed by atoms with van der Waals surface area (Å²) in [5.41, 5.74) is -0.597. The molecule has 10 heteroatoms. The van der Waals surface area contributed by atoms with E-state index in [0.29, 0.717) is 62.5 Å². The van der Waals surface area contributed by atoms with Gasteiger partial charge in [-0.1, -0.05) is 0 Å². The molecule has 1 amide bonds. The third kappa shape index (κ3) is 4.80. The Balaban J connectivity index is 1.25. The molecule has 2 aliphatic heterocycles. The number of ether oxygens (including phenoxy) is 1. The van der Waals surface area contributed by atoms with Crippen LogP contribution in [0.4, 0.5) is 17.6 Å². The van der Waals surface area contributed by atoms with Gasteiger partial charge in [-0.05, 0) is 37.5 Å². The zero-order chi connectivity index (χ0) is 23.2. The van der Waals surface area contributed by atoms with Crippen molar-refractivity contribution >= 4 is 5.91 Å². The predicted molar refractivity (Wildman–Crippen MR) is 110 cm³/mol. The molecule has 33 heavy (non-hydrogen) atoms. The number of amides is 1. The molecule has 3 heterocycles. The lowest BCUT2D eigenvalue weighted by molar-refractivity contribution is -0.137. The highest BCUT2D eigenvalue weighted by molar-refractivity contribution is 5.94. The molecule has 3 fully saturated rings. The van der Waals surface area contributed by atoms with E-state index in [-0.39, 0.29) is 12.1 Å². The van der Waals surface area contributed by atoms with Crippen LogP contribution in [0.1, 0.15) is 53.2 Å². The molecule has 2 atom stereocenters. The number of rotatable bonds is 4. The van der Waals surface area contributed by atoms with E-state index in [1.54, 1.807) is 12.4 Å². The molecule has 1 aliphatic carbocycles. The van der Waals surface area contributed by atoms with Gasteiger partial charge in [0.1, 0.15) is 11.9 Å². The summed E-state index contributed by atoms with van der Waals surface area (Å²) in [6, 6.07) is 1.93. The number of fused-ring (bicyclic) bond motifs is 1. The van der Waals surface area contributed by atoms with Gasteiger partial charge in [0.15, 0.2) is 0 Å². The van der Waals surface area contributed by atoms with Gasteiger partial charge in [-0.15, -0.1) is 0 Å². The molecule has 5 rings (SSSR count). The molecule has 1 aromatic carbocycles. The van der Waals surface area contributed by atoms with Crippen LogP contribution >= 0.6 is 0 Å². The van der Waals surface area contributed by atoms with Gasteiger partial charge in [-0.25, -0.2) is 9.37 Å². The first-order chi connectivity index (χ1) is 15.8. The zero-order valence-electron chi connectivity index (χ0n) is 17.9. The van der Waals surface area contributed by atoms with Gasteiger partial charge < -0.3 is 9.64 Å². The Bertz CT molecular complexity index is 1030. The Morgan fingerprint density at radius 2 is 1.91 bits per heavy atom. The van der Waals surface area contributed by atoms with E-state index in [0.717, 1.165) is 25.1 Å². The van der Waals surface area contributed by atoms with E-state index in [9.17, 15) is 22.4 Å². The van der Waals surface area contributed by atoms with Gasteiger partial charge >= 0.3 is 6.18 Å². The second-order valence-corrected chi connectivity index (χ2v) is 8.98. The van der Waals surface area contributed by atoms with Crippen LogP contribution in [0.15, 0.2) is 30.6 Å². The third-order valence-electron chi connectivity index (χ3n) is 6.54. The van der Waals surface area contributed by atoms with Crippen LogP contribution < -0.4 is 4.74 Å². The summed E-state index contributed by atoms with van der Waals surface area (Å²) in [6.45, 7) is 2.06. The summed E-state index contributed by atoms with van der Waals surface area (Å²) in [5, 5.41) is 0. The first-order valence-electron chi connectivity index (χ1n) is 11.2. The number of benzene rings is 1. The fourth-order valence-electron chi connectivity index (χ4n) is 4.67. The van der Waals surface area contributed by atoms with Crippen LogP contribution in [-0.2, 0) is 6.18 Å². The Kier molecular flexibility index (Phi) is 5.72. The summed E-state index contributed by atoms with van der Waals surface area (Å²) in [5.74, 6) is -0.691. The standard InChI is InChI=1S/C23H24F4N4O2/c24-19-5-4-15(23(25,26)27)8-18(19)22(32)31-7-1-6-30-13-17(9-16(30)12-31)33-21-11-28-20(10-29-21)14-2-3-14/h4-5,8,10-11,14,16-17H,1-3,6-7,9,12-13H2/t16-,17-/m0/s1. The number of halogens is 4. The SMILES string of the molecule is O=C(c1cc(C(F)(F)F)ccc1F)N1CCCN2C[C@@H](Oc3cnc(C4CC4)cn3)C[C@H]2C1. The predicted octanol–water partition coefficient (Wildman–Crippen LogP) is 3.88. The summed E-state index contributed by atoms with van der Waals surface area (Å²) in [7, 11) is 0. The maximum Gasteiger partial charge on any atom is 0.416 e. The van der Waals surface area contributed by atoms with Crippen molar-refractivity contribution in [2.75, 3.05) is 26.2 Å². The summed E-state index contributed by atoms with van der Waals surface area (Å²) < 4.78 is 59.4. The Labute approximate surface area is 188 Å². The molecule has 0 unspecified atom stereocenters. The maximum atomic E-state index is 14.3. The molecule has 6 nitrogen and oxygen atoms in total. The fourth-order valence-corrected chi connectivity index (χ4v) is 4.67. The van der Waals surface area contributed by atoms with Crippen molar-refractivity contribution in [2.24, 2.45) is 0 Å². The Morgan fingerprint density at radius 1 is 1.09 bits per heavy atom. The van der Waals surface area contributed by atoms with Crippen LogP contribution in [0.3, 0.4) is 0 Å². The minimum absolute atomic E-state index is 0.0194. The lowest BCUT2D eigenvalue weighted by atomic mass is 10.1. The van der Waals surface area contributed by atoms with E-state index in [2.05, 4.69) is 14.9 Å². The zero-order valence-corrected chi connectivity index (χ0v) is 17.9. The molecule has 3 aliphatic rings. The Morgan fingerprint density at radius 3 is 2.61 bits per heavy atom. The third-order valence-corrected chi connectivity index (χ3v) is 6.54. The maximum absolute atomic E-state index is 14.3. The molecule has 176 valence electrons. The largest absolute Gasteiger partial charge is 0.472 e. The van der Waals surface area contributed by atoms with Crippen molar-refractivity contribution in [1.82, 2.24) is 19.8 Å². The number of carbonyl (C=O) groups is 1. The average molecular weight is 464 g/mol. The van der Waals surface area contributed by atoms with Crippen LogP contribution in [0.2, 0.25) is 0 Å². The Hall–Kier alpha value is -2.75. The average Bonchev–Trinajstić information content (AvgIpc) is 3.58. The van der Waals surface area contributed by atoms with Crippen molar-refractivity contribution in [3.8, 4) is 5.88 Å². The van der Waals surface area contributed by atoms with E-state index in [1.165, 1.54) is 4.90 Å². The van der Waals surface area contributed by atoms with Gasteiger partial charge in [-0.3, -0.25) is 14.7 Å². The molecule has 1 aromatic heterocycles. The molecule has 0 spiro atoms. The van der Waals surface area contributed by atoms with Crippen molar-refractivity contribution < 1.29 is 27.1 Å². The first-order valence-corrected chi connectivity index (χ1v) is 11.2. The summed E-state index contributed by atoms with van der Waals surface area (Å²) in [4.78, 5) is 25.4. The molecule has 0 N–H and O–H groups in total. The van der Waals surface area contributed by atoms with E-state index in [1.807, 2.05) is 0 Å². The van der Waals surface area contributed by atoms with Gasteiger partial charge in [0.05, 0.1) is 29.2 Å². The first kappa shape index (κ1) is 22.1. The second-order valence-electron chi connectivity index (χ2n) is 8.98. The van der Waals surface area contributed by atoms with E-state index >= 15 is 0 Å². The lowest BCUT2D eigenvalue weighted by Crippen LogP contribution is -2.40. The highest BCUT2D eigenvalue weighted by Crippen LogP contribution is 2.38. The smallest absolute Gasteiger partial charge is 0.416 e. The molecule has 0 bridgehead atoms. The molecule has 2 saturated heterocycles. The minimum Gasteiger partial charge on any atom is -0.472 e. The molecule has 2 aromatic rings. The molecular weight excluding hydrogens is 440 g/mol. The number of hydrogen-bond acceptors (Lipinski definition) is 5. The monoisotopic (exact) mass is 464 g/mol. The highest BCUT2D eigenvalue weighted by Gasteiger charge is 2.38. The second kappa shape index (κ2) is 8.55. The number of aromatic nitrogens is 2. The summed E-state index contributed by atoms with van der Waals surface area (Å²) >= 11 is 0. The molecular formula is C23H24F4N4O2. The van der Waals surface area contributed by atoms with Gasteiger partial charge in [0.25, 0.3) is 5.91 Å². The molecule has 1 saturated carbocycles. The quantitative estimate of drug-likeness (QED) is 0.643. The fraction of sp³-hybridized carbons (Fsp3) is 0.522. The van der Waals surface area contributed by atoms with Gasteiger partial charge in [-0.2, -0.15) is 13.2 Å². The van der Waals surface area contributed by atoms with E-state index in [4.69, 9.17) is 4.74 Å². The van der Waals surface area contributed by atoms with Crippen molar-refractivity contribution in [1.29, 1.82) is 0 Å².